The Labute approximate surface area is 121 Å². The van der Waals surface area contributed by atoms with E-state index in [1.807, 2.05) is 41.9 Å². The van der Waals surface area contributed by atoms with E-state index >= 15 is 0 Å². The minimum absolute atomic E-state index is 0.283. The van der Waals surface area contributed by atoms with Gasteiger partial charge >= 0.3 is 5.97 Å². The van der Waals surface area contributed by atoms with Crippen molar-refractivity contribution >= 4 is 28.5 Å². The monoisotopic (exact) mass is 285 g/mol. The van der Waals surface area contributed by atoms with Gasteiger partial charge < -0.3 is 9.67 Å². The molecular formula is C16H12ClNO2. The molecule has 0 saturated heterocycles. The molecule has 4 heteroatoms. The topological polar surface area (TPSA) is 42.2 Å². The van der Waals surface area contributed by atoms with Crippen LogP contribution in [0.1, 0.15) is 10.4 Å². The van der Waals surface area contributed by atoms with Crippen LogP contribution < -0.4 is 0 Å². The lowest BCUT2D eigenvalue weighted by Gasteiger charge is -2.05. The summed E-state index contributed by atoms with van der Waals surface area (Å²) in [5, 5.41) is 10.8. The molecule has 0 bridgehead atoms. The standard InChI is InChI=1S/C16H12ClNO2/c1-18-14-6-5-13(17)8-12(14)9-15(18)10-3-2-4-11(7-10)16(19)20/h2-9H,1H3,(H,19,20). The highest BCUT2D eigenvalue weighted by molar-refractivity contribution is 6.31. The molecule has 20 heavy (non-hydrogen) atoms. The van der Waals surface area contributed by atoms with E-state index in [-0.39, 0.29) is 5.56 Å². The molecule has 0 atom stereocenters. The quantitative estimate of drug-likeness (QED) is 0.767. The van der Waals surface area contributed by atoms with Crippen LogP contribution in [0, 0.1) is 0 Å². The number of carboxylic acids is 1. The highest BCUT2D eigenvalue weighted by Gasteiger charge is 2.10. The van der Waals surface area contributed by atoms with Gasteiger partial charge in [-0.25, -0.2) is 4.79 Å². The van der Waals surface area contributed by atoms with Crippen molar-refractivity contribution in [3.63, 3.8) is 0 Å². The van der Waals surface area contributed by atoms with Gasteiger partial charge in [0.15, 0.2) is 0 Å². The summed E-state index contributed by atoms with van der Waals surface area (Å²) in [5.41, 5.74) is 3.18. The summed E-state index contributed by atoms with van der Waals surface area (Å²) < 4.78 is 2.03. The first-order chi connectivity index (χ1) is 9.56. The predicted molar refractivity (Wildman–Crippen MR) is 80.3 cm³/mol. The van der Waals surface area contributed by atoms with E-state index in [4.69, 9.17) is 16.7 Å². The third-order valence-electron chi connectivity index (χ3n) is 3.41. The van der Waals surface area contributed by atoms with E-state index in [0.29, 0.717) is 5.02 Å². The van der Waals surface area contributed by atoms with Gasteiger partial charge in [0.1, 0.15) is 0 Å². The van der Waals surface area contributed by atoms with Crippen molar-refractivity contribution in [3.05, 3.63) is 59.1 Å². The van der Waals surface area contributed by atoms with Crippen molar-refractivity contribution in [1.82, 2.24) is 4.57 Å². The molecule has 0 amide bonds. The van der Waals surface area contributed by atoms with Crippen molar-refractivity contribution in [3.8, 4) is 11.3 Å². The molecule has 0 aliphatic carbocycles. The molecule has 0 saturated carbocycles. The highest BCUT2D eigenvalue weighted by atomic mass is 35.5. The average Bonchev–Trinajstić information content (AvgIpc) is 2.75. The second-order valence-corrected chi connectivity index (χ2v) is 5.11. The number of hydrogen-bond acceptors (Lipinski definition) is 1. The fourth-order valence-electron chi connectivity index (χ4n) is 2.41. The molecular weight excluding hydrogens is 274 g/mol. The van der Waals surface area contributed by atoms with E-state index in [2.05, 4.69) is 0 Å². The molecule has 3 rings (SSSR count). The average molecular weight is 286 g/mol. The third-order valence-corrected chi connectivity index (χ3v) is 3.64. The van der Waals surface area contributed by atoms with Crippen LogP contribution in [-0.4, -0.2) is 15.6 Å². The summed E-state index contributed by atoms with van der Waals surface area (Å²) in [6, 6.07) is 14.7. The van der Waals surface area contributed by atoms with Crippen molar-refractivity contribution in [1.29, 1.82) is 0 Å². The van der Waals surface area contributed by atoms with Crippen LogP contribution in [0.4, 0.5) is 0 Å². The smallest absolute Gasteiger partial charge is 0.335 e. The molecule has 1 aromatic heterocycles. The lowest BCUT2D eigenvalue weighted by Crippen LogP contribution is -1.97. The number of aromatic nitrogens is 1. The normalized spacial score (nSPS) is 10.9. The summed E-state index contributed by atoms with van der Waals surface area (Å²) in [6.45, 7) is 0. The first-order valence-electron chi connectivity index (χ1n) is 6.15. The van der Waals surface area contributed by atoms with Crippen LogP contribution in [0.15, 0.2) is 48.5 Å². The van der Waals surface area contributed by atoms with Crippen LogP contribution in [0.5, 0.6) is 0 Å². The van der Waals surface area contributed by atoms with E-state index in [0.717, 1.165) is 22.2 Å². The first-order valence-corrected chi connectivity index (χ1v) is 6.53. The summed E-state index contributed by atoms with van der Waals surface area (Å²) in [7, 11) is 1.96. The maximum Gasteiger partial charge on any atom is 0.335 e. The number of carboxylic acid groups (broad SMARTS) is 1. The second-order valence-electron chi connectivity index (χ2n) is 4.68. The lowest BCUT2D eigenvalue weighted by atomic mass is 10.1. The number of nitrogens with zero attached hydrogens (tertiary/aromatic N) is 1. The van der Waals surface area contributed by atoms with Crippen molar-refractivity contribution in [2.24, 2.45) is 7.05 Å². The van der Waals surface area contributed by atoms with Crippen molar-refractivity contribution < 1.29 is 9.90 Å². The fraction of sp³-hybridized carbons (Fsp3) is 0.0625. The van der Waals surface area contributed by atoms with Crippen molar-refractivity contribution in [2.45, 2.75) is 0 Å². The van der Waals surface area contributed by atoms with Crippen LogP contribution in [0.3, 0.4) is 0 Å². The van der Waals surface area contributed by atoms with E-state index in [1.54, 1.807) is 18.2 Å². The zero-order valence-electron chi connectivity index (χ0n) is 10.8. The van der Waals surface area contributed by atoms with Crippen LogP contribution in [0.25, 0.3) is 22.2 Å². The summed E-state index contributed by atoms with van der Waals surface area (Å²) in [6.07, 6.45) is 0. The fourth-order valence-corrected chi connectivity index (χ4v) is 2.59. The SMILES string of the molecule is Cn1c(-c2cccc(C(=O)O)c2)cc2cc(Cl)ccc21. The molecule has 0 unspecified atom stereocenters. The Balaban J connectivity index is 2.21. The number of rotatable bonds is 2. The summed E-state index contributed by atoms with van der Waals surface area (Å²) >= 11 is 6.01. The van der Waals surface area contributed by atoms with Gasteiger partial charge in [-0.2, -0.15) is 0 Å². The molecule has 1 N–H and O–H groups in total. The minimum atomic E-state index is -0.923. The van der Waals surface area contributed by atoms with Gasteiger partial charge in [-0.15, -0.1) is 0 Å². The highest BCUT2D eigenvalue weighted by Crippen LogP contribution is 2.29. The van der Waals surface area contributed by atoms with Gasteiger partial charge in [-0.1, -0.05) is 23.7 Å². The van der Waals surface area contributed by atoms with Gasteiger partial charge in [0.2, 0.25) is 0 Å². The number of fused-ring (bicyclic) bond motifs is 1. The summed E-state index contributed by atoms with van der Waals surface area (Å²) in [5.74, 6) is -0.923. The van der Waals surface area contributed by atoms with Crippen LogP contribution >= 0.6 is 11.6 Å². The van der Waals surface area contributed by atoms with Crippen LogP contribution in [-0.2, 0) is 7.05 Å². The number of aryl methyl sites for hydroxylation is 1. The number of aromatic carboxylic acids is 1. The molecule has 0 spiro atoms. The molecule has 3 aromatic rings. The predicted octanol–water partition coefficient (Wildman–Crippen LogP) is 4.20. The lowest BCUT2D eigenvalue weighted by molar-refractivity contribution is 0.0697. The third kappa shape index (κ3) is 2.06. The van der Waals surface area contributed by atoms with Crippen molar-refractivity contribution in [2.75, 3.05) is 0 Å². The Kier molecular flexibility index (Phi) is 2.99. The van der Waals surface area contributed by atoms with Gasteiger partial charge in [0.05, 0.1) is 5.56 Å². The molecule has 2 aromatic carbocycles. The molecule has 0 aliphatic heterocycles. The van der Waals surface area contributed by atoms with E-state index < -0.39 is 5.97 Å². The number of benzene rings is 2. The molecule has 3 nitrogen and oxygen atoms in total. The summed E-state index contributed by atoms with van der Waals surface area (Å²) in [4.78, 5) is 11.1. The molecule has 0 aliphatic rings. The van der Waals surface area contributed by atoms with Gasteiger partial charge in [0.25, 0.3) is 0 Å². The zero-order chi connectivity index (χ0) is 14.3. The van der Waals surface area contributed by atoms with Gasteiger partial charge in [0, 0.05) is 28.7 Å². The second kappa shape index (κ2) is 4.69. The first kappa shape index (κ1) is 12.8. The van der Waals surface area contributed by atoms with E-state index in [9.17, 15) is 4.79 Å². The maximum atomic E-state index is 11.1. The Morgan fingerprint density at radius 2 is 1.95 bits per heavy atom. The minimum Gasteiger partial charge on any atom is -0.478 e. The number of halogens is 1. The van der Waals surface area contributed by atoms with Gasteiger partial charge in [-0.05, 0) is 42.0 Å². The Bertz CT molecular complexity index is 820. The van der Waals surface area contributed by atoms with E-state index in [1.165, 1.54) is 0 Å². The Hall–Kier alpha value is -2.26. The number of hydrogen-bond donors (Lipinski definition) is 1. The molecule has 1 heterocycles. The molecule has 0 radical (unpaired) electrons. The van der Waals surface area contributed by atoms with Crippen LogP contribution in [0.2, 0.25) is 5.02 Å². The Morgan fingerprint density at radius 3 is 2.70 bits per heavy atom. The largest absolute Gasteiger partial charge is 0.478 e. The number of carbonyl (C=O) groups is 1. The zero-order valence-corrected chi connectivity index (χ0v) is 11.6. The molecule has 100 valence electrons. The van der Waals surface area contributed by atoms with Gasteiger partial charge in [-0.3, -0.25) is 0 Å². The molecule has 0 fully saturated rings. The Morgan fingerprint density at radius 1 is 1.15 bits per heavy atom. The maximum absolute atomic E-state index is 11.1.